The van der Waals surface area contributed by atoms with E-state index in [4.69, 9.17) is 28.0 Å². The molecule has 0 heterocycles. The lowest BCUT2D eigenvalue weighted by molar-refractivity contribution is -0.142. The molecule has 4 atom stereocenters. The van der Waals surface area contributed by atoms with Gasteiger partial charge in [-0.25, -0.2) is 0 Å². The normalized spacial score (nSPS) is 14.4. The van der Waals surface area contributed by atoms with E-state index in [-0.39, 0.29) is 24.8 Å². The van der Waals surface area contributed by atoms with E-state index in [9.17, 15) is 24.0 Å². The maximum atomic E-state index is 12.8. The summed E-state index contributed by atoms with van der Waals surface area (Å²) in [7, 11) is 0. The third kappa shape index (κ3) is 11.1. The molecule has 4 unspecified atom stereocenters. The average molecular weight is 459 g/mol. The first-order valence-electron chi connectivity index (χ1n) is 9.99. The predicted molar refractivity (Wildman–Crippen MR) is 116 cm³/mol. The van der Waals surface area contributed by atoms with Gasteiger partial charge < -0.3 is 44.0 Å². The van der Waals surface area contributed by atoms with E-state index >= 15 is 0 Å². The van der Waals surface area contributed by atoms with Crippen molar-refractivity contribution in [3.8, 4) is 0 Å². The van der Waals surface area contributed by atoms with Crippen molar-refractivity contribution in [2.45, 2.75) is 64.2 Å². The highest BCUT2D eigenvalue weighted by Gasteiger charge is 2.30. The zero-order chi connectivity index (χ0) is 25.0. The van der Waals surface area contributed by atoms with Gasteiger partial charge in [0.1, 0.15) is 18.1 Å². The summed E-state index contributed by atoms with van der Waals surface area (Å²) < 4.78 is 0. The molecule has 0 spiro atoms. The van der Waals surface area contributed by atoms with Crippen LogP contribution in [0.3, 0.4) is 0 Å². The fourth-order valence-electron chi connectivity index (χ4n) is 2.40. The molecule has 0 aromatic rings. The lowest BCUT2D eigenvalue weighted by atomic mass is 10.0. The van der Waals surface area contributed by atoms with Crippen LogP contribution in [0.5, 0.6) is 0 Å². The SMILES string of the molecule is CC(NC(=O)C(CC(N)=O)NC(=O)C(CCCN=C(N)N)NC(=O)C(N)C(C)C)C(=O)O. The number of aliphatic imine (C=N–C) groups is 1. The number of hydrogen-bond donors (Lipinski definition) is 8. The van der Waals surface area contributed by atoms with Crippen LogP contribution < -0.4 is 38.9 Å². The summed E-state index contributed by atoms with van der Waals surface area (Å²) >= 11 is 0. The van der Waals surface area contributed by atoms with Gasteiger partial charge in [-0.1, -0.05) is 13.8 Å². The molecule has 4 amide bonds. The fourth-order valence-corrected chi connectivity index (χ4v) is 2.40. The third-order valence-corrected chi connectivity index (χ3v) is 4.37. The van der Waals surface area contributed by atoms with Crippen LogP contribution in [0.2, 0.25) is 0 Å². The van der Waals surface area contributed by atoms with E-state index in [0.29, 0.717) is 6.42 Å². The van der Waals surface area contributed by atoms with Gasteiger partial charge in [0.05, 0.1) is 12.5 Å². The number of nitrogens with two attached hydrogens (primary N) is 4. The van der Waals surface area contributed by atoms with E-state index in [0.717, 1.165) is 0 Å². The van der Waals surface area contributed by atoms with Gasteiger partial charge in [0.25, 0.3) is 0 Å². The maximum Gasteiger partial charge on any atom is 0.325 e. The lowest BCUT2D eigenvalue weighted by Crippen LogP contribution is -2.57. The van der Waals surface area contributed by atoms with Gasteiger partial charge in [0, 0.05) is 6.54 Å². The van der Waals surface area contributed by atoms with Gasteiger partial charge in [0.15, 0.2) is 5.96 Å². The number of carboxylic acid groups (broad SMARTS) is 1. The van der Waals surface area contributed by atoms with Crippen molar-refractivity contribution in [3.05, 3.63) is 0 Å². The Morgan fingerprint density at radius 3 is 1.88 bits per heavy atom. The molecule has 14 heteroatoms. The van der Waals surface area contributed by atoms with Crippen molar-refractivity contribution in [3.63, 3.8) is 0 Å². The Balaban J connectivity index is 5.47. The number of amides is 4. The molecule has 0 saturated carbocycles. The molecule has 0 aromatic carbocycles. The number of guanidine groups is 1. The lowest BCUT2D eigenvalue weighted by Gasteiger charge is -2.25. The molecule has 0 saturated heterocycles. The molecule has 12 N–H and O–H groups in total. The number of primary amides is 1. The van der Waals surface area contributed by atoms with Gasteiger partial charge in [-0.05, 0) is 25.7 Å². The molecule has 32 heavy (non-hydrogen) atoms. The smallest absolute Gasteiger partial charge is 0.325 e. The fraction of sp³-hybridized carbons (Fsp3) is 0.667. The Hall–Kier alpha value is -3.42. The summed E-state index contributed by atoms with van der Waals surface area (Å²) in [6.45, 7) is 4.85. The molecule has 0 radical (unpaired) electrons. The van der Waals surface area contributed by atoms with Crippen molar-refractivity contribution in [2.75, 3.05) is 6.54 Å². The first-order chi connectivity index (χ1) is 14.8. The Morgan fingerprint density at radius 2 is 1.41 bits per heavy atom. The number of carbonyl (C=O) groups is 5. The second kappa shape index (κ2) is 13.8. The molecule has 0 rings (SSSR count). The molecule has 0 aliphatic heterocycles. The van der Waals surface area contributed by atoms with Gasteiger partial charge in [-0.3, -0.25) is 29.0 Å². The molecule has 0 aliphatic carbocycles. The molecule has 0 bridgehead atoms. The average Bonchev–Trinajstić information content (AvgIpc) is 2.67. The van der Waals surface area contributed by atoms with Gasteiger partial charge in [0.2, 0.25) is 23.6 Å². The van der Waals surface area contributed by atoms with Gasteiger partial charge in [-0.15, -0.1) is 0 Å². The molecule has 182 valence electrons. The minimum absolute atomic E-state index is 0.0929. The Bertz CT molecular complexity index is 722. The summed E-state index contributed by atoms with van der Waals surface area (Å²) in [5.41, 5.74) is 21.5. The van der Waals surface area contributed by atoms with Crippen molar-refractivity contribution < 1.29 is 29.1 Å². The number of rotatable bonds is 14. The molecular weight excluding hydrogens is 424 g/mol. The summed E-state index contributed by atoms with van der Waals surface area (Å²) in [5.74, 6) is -4.84. The number of nitrogens with one attached hydrogen (secondary N) is 3. The highest BCUT2D eigenvalue weighted by molar-refractivity contribution is 5.96. The van der Waals surface area contributed by atoms with E-state index in [2.05, 4.69) is 20.9 Å². The van der Waals surface area contributed by atoms with Crippen LogP contribution in [-0.4, -0.2) is 71.4 Å². The van der Waals surface area contributed by atoms with Crippen LogP contribution in [0.1, 0.15) is 40.0 Å². The minimum Gasteiger partial charge on any atom is -0.480 e. The largest absolute Gasteiger partial charge is 0.480 e. The molecule has 0 aliphatic rings. The van der Waals surface area contributed by atoms with Crippen molar-refractivity contribution in [2.24, 2.45) is 33.8 Å². The van der Waals surface area contributed by atoms with Crippen molar-refractivity contribution in [1.29, 1.82) is 0 Å². The van der Waals surface area contributed by atoms with Crippen LogP contribution in [-0.2, 0) is 24.0 Å². The third-order valence-electron chi connectivity index (χ3n) is 4.37. The monoisotopic (exact) mass is 458 g/mol. The van der Waals surface area contributed by atoms with E-state index < -0.39 is 60.2 Å². The van der Waals surface area contributed by atoms with Crippen LogP contribution in [0.15, 0.2) is 4.99 Å². The Morgan fingerprint density at radius 1 is 0.875 bits per heavy atom. The zero-order valence-corrected chi connectivity index (χ0v) is 18.5. The number of carbonyl (C=O) groups excluding carboxylic acids is 4. The van der Waals surface area contributed by atoms with Crippen LogP contribution >= 0.6 is 0 Å². The number of nitrogens with zero attached hydrogens (tertiary/aromatic N) is 1. The predicted octanol–water partition coefficient (Wildman–Crippen LogP) is -3.54. The first-order valence-corrected chi connectivity index (χ1v) is 9.99. The minimum atomic E-state index is -1.45. The second-order valence-electron chi connectivity index (χ2n) is 7.58. The molecule has 14 nitrogen and oxygen atoms in total. The van der Waals surface area contributed by atoms with Crippen molar-refractivity contribution >= 4 is 35.6 Å². The standard InChI is InChI=1S/C18H34N8O6/c1-8(2)13(20)16(30)25-10(5-4-6-23-18(21)22)14(28)26-11(7-12(19)27)15(29)24-9(3)17(31)32/h8-11,13H,4-7,20H2,1-3H3,(H2,19,27)(H,24,29)(H,25,30)(H,26,28)(H,31,32)(H4,21,22,23). The van der Waals surface area contributed by atoms with Gasteiger partial charge in [-0.2, -0.15) is 0 Å². The van der Waals surface area contributed by atoms with Crippen LogP contribution in [0.25, 0.3) is 0 Å². The number of carboxylic acids is 1. The number of aliphatic carboxylic acids is 1. The molecule has 0 fully saturated rings. The van der Waals surface area contributed by atoms with Crippen LogP contribution in [0, 0.1) is 5.92 Å². The van der Waals surface area contributed by atoms with Gasteiger partial charge >= 0.3 is 5.97 Å². The van der Waals surface area contributed by atoms with E-state index in [1.165, 1.54) is 6.92 Å². The Kier molecular flexibility index (Phi) is 12.3. The molecule has 0 aromatic heterocycles. The topological polar surface area (TPSA) is 258 Å². The Labute approximate surface area is 185 Å². The summed E-state index contributed by atoms with van der Waals surface area (Å²) in [5, 5.41) is 15.9. The summed E-state index contributed by atoms with van der Waals surface area (Å²) in [4.78, 5) is 63.6. The first kappa shape index (κ1) is 28.6. The highest BCUT2D eigenvalue weighted by Crippen LogP contribution is 2.05. The molecular formula is C18H34N8O6. The van der Waals surface area contributed by atoms with E-state index in [1.54, 1.807) is 13.8 Å². The van der Waals surface area contributed by atoms with Crippen LogP contribution in [0.4, 0.5) is 0 Å². The quantitative estimate of drug-likeness (QED) is 0.0726. The number of hydrogen-bond acceptors (Lipinski definition) is 7. The summed E-state index contributed by atoms with van der Waals surface area (Å²) in [6, 6.07) is -4.72. The highest BCUT2D eigenvalue weighted by atomic mass is 16.4. The van der Waals surface area contributed by atoms with E-state index in [1.807, 2.05) is 0 Å². The zero-order valence-electron chi connectivity index (χ0n) is 18.5. The summed E-state index contributed by atoms with van der Waals surface area (Å²) in [6.07, 6.45) is -0.185. The maximum absolute atomic E-state index is 12.8. The van der Waals surface area contributed by atoms with Crippen molar-refractivity contribution in [1.82, 2.24) is 16.0 Å². The second-order valence-corrected chi connectivity index (χ2v) is 7.58.